The molecule has 1 aromatic rings. The van der Waals surface area contributed by atoms with E-state index in [9.17, 15) is 0 Å². The Morgan fingerprint density at radius 3 is 2.91 bits per heavy atom. The van der Waals surface area contributed by atoms with Gasteiger partial charge in [0.2, 0.25) is 0 Å². The summed E-state index contributed by atoms with van der Waals surface area (Å²) in [4.78, 5) is 0. The van der Waals surface area contributed by atoms with Gasteiger partial charge in [0.15, 0.2) is 0 Å². The fourth-order valence-corrected chi connectivity index (χ4v) is 1.29. The van der Waals surface area contributed by atoms with E-state index in [0.717, 1.165) is 10.8 Å². The molecule has 0 aliphatic rings. The lowest BCUT2D eigenvalue weighted by molar-refractivity contribution is 0.475. The molecule has 2 nitrogen and oxygen atoms in total. The summed E-state index contributed by atoms with van der Waals surface area (Å²) in [6.45, 7) is 4.36. The van der Waals surface area contributed by atoms with E-state index in [2.05, 4.69) is 53.8 Å². The average molecular weight is 264 g/mol. The predicted octanol–water partition coefficient (Wildman–Crippen LogP) is 2.79. The average Bonchev–Trinajstić information content (AvgIpc) is 2.50. The molecule has 0 amide bonds. The van der Waals surface area contributed by atoms with Crippen LogP contribution in [0.3, 0.4) is 0 Å². The van der Waals surface area contributed by atoms with Crippen molar-refractivity contribution in [3.05, 3.63) is 18.0 Å². The third-order valence-electron chi connectivity index (χ3n) is 1.84. The van der Waals surface area contributed by atoms with E-state index in [1.807, 2.05) is 4.68 Å². The normalized spacial score (nSPS) is 13.4. The summed E-state index contributed by atoms with van der Waals surface area (Å²) >= 11 is 2.33. The summed E-state index contributed by atoms with van der Waals surface area (Å²) in [5.41, 5.74) is 1.17. The van der Waals surface area contributed by atoms with Gasteiger partial charge in [0.25, 0.3) is 0 Å². The van der Waals surface area contributed by atoms with Gasteiger partial charge in [0.05, 0.1) is 5.69 Å². The molecule has 0 radical (unpaired) electrons. The highest BCUT2D eigenvalue weighted by molar-refractivity contribution is 14.1. The first-order valence-electron chi connectivity index (χ1n) is 3.88. The van der Waals surface area contributed by atoms with Crippen LogP contribution in [0.4, 0.5) is 0 Å². The lowest BCUT2D eigenvalue weighted by Gasteiger charge is -2.07. The predicted molar refractivity (Wildman–Crippen MR) is 55.0 cm³/mol. The van der Waals surface area contributed by atoms with Crippen LogP contribution in [0.5, 0.6) is 0 Å². The molecule has 1 rings (SSSR count). The first kappa shape index (κ1) is 9.03. The molecule has 11 heavy (non-hydrogen) atoms. The second-order valence-corrected chi connectivity index (χ2v) is 3.44. The molecule has 0 spiro atoms. The SMILES string of the molecule is CCC(C)n1ccc(CI)n1. The van der Waals surface area contributed by atoms with Crippen LogP contribution in [0.2, 0.25) is 0 Å². The van der Waals surface area contributed by atoms with Gasteiger partial charge in [-0.15, -0.1) is 0 Å². The van der Waals surface area contributed by atoms with Crippen molar-refractivity contribution < 1.29 is 0 Å². The van der Waals surface area contributed by atoms with Gasteiger partial charge in [-0.05, 0) is 19.4 Å². The van der Waals surface area contributed by atoms with E-state index in [1.165, 1.54) is 5.69 Å². The standard InChI is InChI=1S/C8H13IN2/c1-3-7(2)11-5-4-8(6-9)10-11/h4-5,7H,3,6H2,1-2H3. The van der Waals surface area contributed by atoms with Crippen molar-refractivity contribution in [2.45, 2.75) is 30.7 Å². The first-order valence-corrected chi connectivity index (χ1v) is 5.40. The number of hydrogen-bond acceptors (Lipinski definition) is 1. The molecule has 62 valence electrons. The molecule has 0 bridgehead atoms. The highest BCUT2D eigenvalue weighted by Crippen LogP contribution is 2.10. The van der Waals surface area contributed by atoms with E-state index in [0.29, 0.717) is 6.04 Å². The maximum absolute atomic E-state index is 4.41. The van der Waals surface area contributed by atoms with Crippen LogP contribution in [-0.4, -0.2) is 9.78 Å². The molecular weight excluding hydrogens is 251 g/mol. The lowest BCUT2D eigenvalue weighted by atomic mass is 10.3. The zero-order chi connectivity index (χ0) is 8.27. The topological polar surface area (TPSA) is 17.8 Å². The van der Waals surface area contributed by atoms with E-state index in [1.54, 1.807) is 0 Å². The number of nitrogens with zero attached hydrogens (tertiary/aromatic N) is 2. The number of rotatable bonds is 3. The largest absolute Gasteiger partial charge is 0.270 e. The highest BCUT2D eigenvalue weighted by atomic mass is 127. The molecule has 1 aromatic heterocycles. The Balaban J connectivity index is 2.71. The van der Waals surface area contributed by atoms with Gasteiger partial charge in [-0.1, -0.05) is 29.5 Å². The van der Waals surface area contributed by atoms with Crippen molar-refractivity contribution in [3.63, 3.8) is 0 Å². The molecule has 0 aliphatic heterocycles. The van der Waals surface area contributed by atoms with Gasteiger partial charge >= 0.3 is 0 Å². The van der Waals surface area contributed by atoms with Crippen LogP contribution in [0.15, 0.2) is 12.3 Å². The summed E-state index contributed by atoms with van der Waals surface area (Å²) in [6, 6.07) is 2.62. The van der Waals surface area contributed by atoms with Gasteiger partial charge in [-0.3, -0.25) is 4.68 Å². The third kappa shape index (κ3) is 2.18. The first-order chi connectivity index (χ1) is 5.27. The minimum absolute atomic E-state index is 0.534. The number of aromatic nitrogens is 2. The molecule has 1 unspecified atom stereocenters. The summed E-state index contributed by atoms with van der Waals surface area (Å²) in [5.74, 6) is 0. The minimum atomic E-state index is 0.534. The Hall–Kier alpha value is -0.0600. The fraction of sp³-hybridized carbons (Fsp3) is 0.625. The van der Waals surface area contributed by atoms with E-state index in [-0.39, 0.29) is 0 Å². The molecule has 0 N–H and O–H groups in total. The maximum Gasteiger partial charge on any atom is 0.0722 e. The molecule has 0 aromatic carbocycles. The Kier molecular flexibility index (Phi) is 3.36. The maximum atomic E-state index is 4.41. The van der Waals surface area contributed by atoms with Gasteiger partial charge in [-0.25, -0.2) is 0 Å². The summed E-state index contributed by atoms with van der Waals surface area (Å²) < 4.78 is 3.04. The smallest absolute Gasteiger partial charge is 0.0722 e. The van der Waals surface area contributed by atoms with Gasteiger partial charge in [0.1, 0.15) is 0 Å². The molecular formula is C8H13IN2. The monoisotopic (exact) mass is 264 g/mol. The van der Waals surface area contributed by atoms with E-state index >= 15 is 0 Å². The zero-order valence-corrected chi connectivity index (χ0v) is 9.08. The third-order valence-corrected chi connectivity index (χ3v) is 2.62. The molecule has 0 saturated carbocycles. The van der Waals surface area contributed by atoms with Crippen LogP contribution >= 0.6 is 22.6 Å². The van der Waals surface area contributed by atoms with Crippen molar-refractivity contribution in [2.75, 3.05) is 0 Å². The van der Waals surface area contributed by atoms with Crippen LogP contribution in [0.25, 0.3) is 0 Å². The molecule has 0 saturated heterocycles. The number of halogens is 1. The molecule has 1 heterocycles. The van der Waals surface area contributed by atoms with Gasteiger partial charge < -0.3 is 0 Å². The van der Waals surface area contributed by atoms with Crippen molar-refractivity contribution in [2.24, 2.45) is 0 Å². The van der Waals surface area contributed by atoms with Crippen molar-refractivity contribution in [3.8, 4) is 0 Å². The van der Waals surface area contributed by atoms with Gasteiger partial charge in [-0.2, -0.15) is 5.10 Å². The van der Waals surface area contributed by atoms with Crippen molar-refractivity contribution in [1.29, 1.82) is 0 Å². The molecule has 3 heteroatoms. The Morgan fingerprint density at radius 2 is 2.45 bits per heavy atom. The Bertz CT molecular complexity index is 220. The van der Waals surface area contributed by atoms with Crippen LogP contribution in [-0.2, 0) is 4.43 Å². The Morgan fingerprint density at radius 1 is 1.73 bits per heavy atom. The number of alkyl halides is 1. The van der Waals surface area contributed by atoms with Crippen LogP contribution in [0, 0.1) is 0 Å². The zero-order valence-electron chi connectivity index (χ0n) is 6.92. The molecule has 0 fully saturated rings. The molecule has 1 atom stereocenters. The fourth-order valence-electron chi connectivity index (χ4n) is 0.881. The second kappa shape index (κ2) is 4.09. The van der Waals surface area contributed by atoms with E-state index in [4.69, 9.17) is 0 Å². The molecule has 0 aliphatic carbocycles. The van der Waals surface area contributed by atoms with Crippen molar-refractivity contribution >= 4 is 22.6 Å². The second-order valence-electron chi connectivity index (χ2n) is 2.68. The number of hydrogen-bond donors (Lipinski definition) is 0. The summed E-state index contributed by atoms with van der Waals surface area (Å²) in [5, 5.41) is 4.41. The van der Waals surface area contributed by atoms with Crippen LogP contribution < -0.4 is 0 Å². The minimum Gasteiger partial charge on any atom is -0.270 e. The van der Waals surface area contributed by atoms with Crippen molar-refractivity contribution in [1.82, 2.24) is 9.78 Å². The van der Waals surface area contributed by atoms with Crippen LogP contribution in [0.1, 0.15) is 32.0 Å². The summed E-state index contributed by atoms with van der Waals surface area (Å²) in [7, 11) is 0. The lowest BCUT2D eigenvalue weighted by Crippen LogP contribution is -2.04. The Labute approximate surface area is 81.1 Å². The van der Waals surface area contributed by atoms with Gasteiger partial charge in [0, 0.05) is 16.7 Å². The highest BCUT2D eigenvalue weighted by Gasteiger charge is 2.02. The van der Waals surface area contributed by atoms with E-state index < -0.39 is 0 Å². The summed E-state index contributed by atoms with van der Waals surface area (Å²) in [6.07, 6.45) is 3.20. The quantitative estimate of drug-likeness (QED) is 0.606.